The first-order valence-corrected chi connectivity index (χ1v) is 11.0. The van der Waals surface area contributed by atoms with Gasteiger partial charge >= 0.3 is 0 Å². The first kappa shape index (κ1) is 19.3. The minimum atomic E-state index is -0.0577. The molecule has 5 rings (SSSR count). The number of benzene rings is 1. The quantitative estimate of drug-likeness (QED) is 0.609. The highest BCUT2D eigenvalue weighted by Crippen LogP contribution is 2.48. The fourth-order valence-electron chi connectivity index (χ4n) is 4.59. The van der Waals surface area contributed by atoms with Crippen molar-refractivity contribution in [3.63, 3.8) is 0 Å². The lowest BCUT2D eigenvalue weighted by molar-refractivity contribution is 0.0547. The van der Waals surface area contributed by atoms with Gasteiger partial charge in [0.2, 0.25) is 0 Å². The number of nitrogens with zero attached hydrogens (tertiary/aromatic N) is 2. The van der Waals surface area contributed by atoms with Crippen molar-refractivity contribution in [2.24, 2.45) is 0 Å². The molecule has 2 aliphatic rings. The number of pyridine rings is 1. The Morgan fingerprint density at radius 3 is 2.70 bits per heavy atom. The second-order valence-corrected chi connectivity index (χ2v) is 9.33. The number of anilines is 1. The molecule has 0 bridgehead atoms. The molecule has 1 saturated heterocycles. The van der Waals surface area contributed by atoms with Gasteiger partial charge in [-0.3, -0.25) is 9.78 Å². The Morgan fingerprint density at radius 2 is 1.97 bits per heavy atom. The van der Waals surface area contributed by atoms with Gasteiger partial charge in [0.25, 0.3) is 5.91 Å². The summed E-state index contributed by atoms with van der Waals surface area (Å²) >= 11 is 1.56. The van der Waals surface area contributed by atoms with Crippen molar-refractivity contribution in [2.75, 3.05) is 31.8 Å². The van der Waals surface area contributed by atoms with Crippen LogP contribution in [0.4, 0.5) is 5.69 Å². The number of ether oxygens (including phenoxy) is 2. The Hall–Kier alpha value is -2.70. The second kappa shape index (κ2) is 7.52. The van der Waals surface area contributed by atoms with E-state index in [2.05, 4.69) is 23.2 Å². The Labute approximate surface area is 180 Å². The van der Waals surface area contributed by atoms with Gasteiger partial charge in [0.1, 0.15) is 5.75 Å². The first-order chi connectivity index (χ1) is 14.6. The zero-order valence-corrected chi connectivity index (χ0v) is 18.0. The summed E-state index contributed by atoms with van der Waals surface area (Å²) in [5, 5.41) is 0. The lowest BCUT2D eigenvalue weighted by Crippen LogP contribution is -2.40. The van der Waals surface area contributed by atoms with Crippen LogP contribution in [-0.2, 0) is 10.2 Å². The van der Waals surface area contributed by atoms with Gasteiger partial charge in [-0.05, 0) is 61.2 Å². The summed E-state index contributed by atoms with van der Waals surface area (Å²) in [4.78, 5) is 21.6. The fourth-order valence-corrected chi connectivity index (χ4v) is 5.41. The molecule has 0 radical (unpaired) electrons. The first-order valence-electron chi connectivity index (χ1n) is 10.2. The molecule has 30 heavy (non-hydrogen) atoms. The van der Waals surface area contributed by atoms with Crippen molar-refractivity contribution in [3.05, 3.63) is 64.1 Å². The van der Waals surface area contributed by atoms with Crippen LogP contribution in [-0.4, -0.2) is 37.8 Å². The highest BCUT2D eigenvalue weighted by atomic mass is 32.1. The molecule has 0 saturated carbocycles. The van der Waals surface area contributed by atoms with Crippen LogP contribution in [0.1, 0.15) is 33.0 Å². The molecule has 2 aliphatic heterocycles. The van der Waals surface area contributed by atoms with E-state index < -0.39 is 0 Å². The minimum absolute atomic E-state index is 0.0577. The summed E-state index contributed by atoms with van der Waals surface area (Å²) in [6.07, 6.45) is 5.41. The van der Waals surface area contributed by atoms with Crippen molar-refractivity contribution in [1.82, 2.24) is 4.98 Å². The molecule has 0 atom stereocenters. The van der Waals surface area contributed by atoms with Crippen LogP contribution in [0.3, 0.4) is 0 Å². The molecule has 0 N–H and O–H groups in total. The molecule has 5 nitrogen and oxygen atoms in total. The Bertz CT molecular complexity index is 1100. The van der Waals surface area contributed by atoms with E-state index in [0.29, 0.717) is 6.54 Å². The van der Waals surface area contributed by atoms with Crippen molar-refractivity contribution >= 4 is 22.9 Å². The molecule has 1 amide bonds. The van der Waals surface area contributed by atoms with Crippen LogP contribution < -0.4 is 9.64 Å². The van der Waals surface area contributed by atoms with Crippen molar-refractivity contribution < 1.29 is 14.3 Å². The van der Waals surface area contributed by atoms with E-state index in [4.69, 9.17) is 9.47 Å². The summed E-state index contributed by atoms with van der Waals surface area (Å²) in [5.74, 6) is 0.826. The summed E-state index contributed by atoms with van der Waals surface area (Å²) < 4.78 is 11.0. The molecule has 6 heteroatoms. The van der Waals surface area contributed by atoms with Gasteiger partial charge in [0, 0.05) is 47.5 Å². The van der Waals surface area contributed by atoms with Crippen molar-refractivity contribution in [1.29, 1.82) is 0 Å². The molecule has 0 aliphatic carbocycles. The number of hydrogen-bond acceptors (Lipinski definition) is 5. The third-order valence-electron chi connectivity index (χ3n) is 6.25. The Kier molecular flexibility index (Phi) is 4.83. The maximum Gasteiger partial charge on any atom is 0.268 e. The number of fused-ring (bicyclic) bond motifs is 2. The Morgan fingerprint density at radius 1 is 1.13 bits per heavy atom. The molecule has 1 aromatic carbocycles. The summed E-state index contributed by atoms with van der Waals surface area (Å²) in [6.45, 7) is 4.20. The summed E-state index contributed by atoms with van der Waals surface area (Å²) in [6, 6.07) is 12.4. The number of methoxy groups -OCH3 is 1. The van der Waals surface area contributed by atoms with Crippen LogP contribution in [0.25, 0.3) is 11.1 Å². The number of aryl methyl sites for hydroxylation is 1. The largest absolute Gasteiger partial charge is 0.495 e. The van der Waals surface area contributed by atoms with Gasteiger partial charge in [-0.1, -0.05) is 6.07 Å². The number of hydrogen-bond donors (Lipinski definition) is 0. The number of aromatic nitrogens is 1. The van der Waals surface area contributed by atoms with Gasteiger partial charge < -0.3 is 14.4 Å². The normalized spacial score (nSPS) is 17.2. The fraction of sp³-hybridized carbons (Fsp3) is 0.333. The van der Waals surface area contributed by atoms with Crippen molar-refractivity contribution in [3.8, 4) is 16.9 Å². The predicted octanol–water partition coefficient (Wildman–Crippen LogP) is 4.84. The molecule has 1 fully saturated rings. The SMILES string of the molecule is COc1cncc(-c2ccc3c(c2)C2(CCOCC2)CN3C(=O)c2ccc(C)s2)c1. The van der Waals surface area contributed by atoms with Gasteiger partial charge in [-0.25, -0.2) is 0 Å². The van der Waals surface area contributed by atoms with E-state index in [-0.39, 0.29) is 11.3 Å². The third kappa shape index (κ3) is 3.20. The lowest BCUT2D eigenvalue weighted by Gasteiger charge is -2.34. The molecule has 2 aromatic heterocycles. The van der Waals surface area contributed by atoms with Crippen LogP contribution in [0.5, 0.6) is 5.75 Å². The lowest BCUT2D eigenvalue weighted by atomic mass is 9.75. The third-order valence-corrected chi connectivity index (χ3v) is 7.24. The van der Waals surface area contributed by atoms with E-state index in [0.717, 1.165) is 58.4 Å². The smallest absolute Gasteiger partial charge is 0.268 e. The Balaban J connectivity index is 1.59. The van der Waals surface area contributed by atoms with E-state index in [1.165, 1.54) is 5.56 Å². The topological polar surface area (TPSA) is 51.7 Å². The maximum absolute atomic E-state index is 13.4. The van der Waals surface area contributed by atoms with E-state index in [1.54, 1.807) is 24.6 Å². The monoisotopic (exact) mass is 420 g/mol. The van der Waals surface area contributed by atoms with Gasteiger partial charge in [-0.15, -0.1) is 11.3 Å². The average Bonchev–Trinajstić information content (AvgIpc) is 3.35. The number of rotatable bonds is 3. The summed E-state index contributed by atoms with van der Waals surface area (Å²) in [5.41, 5.74) is 4.31. The van der Waals surface area contributed by atoms with Crippen molar-refractivity contribution in [2.45, 2.75) is 25.2 Å². The molecule has 0 unspecified atom stereocenters. The second-order valence-electron chi connectivity index (χ2n) is 8.04. The highest BCUT2D eigenvalue weighted by Gasteiger charge is 2.46. The molecular weight excluding hydrogens is 396 g/mol. The van der Waals surface area contributed by atoms with Crippen LogP contribution in [0.2, 0.25) is 0 Å². The zero-order chi connectivity index (χ0) is 20.7. The number of carbonyl (C=O) groups is 1. The number of carbonyl (C=O) groups excluding carboxylic acids is 1. The van der Waals surface area contributed by atoms with Gasteiger partial charge in [0.05, 0.1) is 18.2 Å². The molecular formula is C24H24N2O3S. The van der Waals surface area contributed by atoms with Crippen LogP contribution in [0.15, 0.2) is 48.8 Å². The van der Waals surface area contributed by atoms with Crippen LogP contribution >= 0.6 is 11.3 Å². The average molecular weight is 421 g/mol. The zero-order valence-electron chi connectivity index (χ0n) is 17.2. The highest BCUT2D eigenvalue weighted by molar-refractivity contribution is 7.14. The van der Waals surface area contributed by atoms with E-state index in [1.807, 2.05) is 36.2 Å². The summed E-state index contributed by atoms with van der Waals surface area (Å²) in [7, 11) is 1.65. The standard InChI is InChI=1S/C24H24N2O3S/c1-16-3-6-22(30-16)23(27)26-15-24(7-9-29-10-8-24)20-12-17(4-5-21(20)26)18-11-19(28-2)14-25-13-18/h3-6,11-14H,7-10,15H2,1-2H3. The molecule has 1 spiro atoms. The van der Waals surface area contributed by atoms with Gasteiger partial charge in [0.15, 0.2) is 0 Å². The van der Waals surface area contributed by atoms with E-state index >= 15 is 0 Å². The molecule has 4 heterocycles. The van der Waals surface area contributed by atoms with E-state index in [9.17, 15) is 4.79 Å². The molecule has 3 aromatic rings. The van der Waals surface area contributed by atoms with Crippen LogP contribution in [0, 0.1) is 6.92 Å². The maximum atomic E-state index is 13.4. The number of amides is 1. The predicted molar refractivity (Wildman–Crippen MR) is 119 cm³/mol. The molecule has 154 valence electrons. The van der Waals surface area contributed by atoms with Gasteiger partial charge in [-0.2, -0.15) is 0 Å². The minimum Gasteiger partial charge on any atom is -0.495 e. The number of thiophene rings is 1.